The van der Waals surface area contributed by atoms with Crippen molar-refractivity contribution in [3.05, 3.63) is 84.2 Å². The fourth-order valence-electron chi connectivity index (χ4n) is 3.32. The molecule has 0 aliphatic heterocycles. The fraction of sp³-hybridized carbons (Fsp3) is 0.136. The van der Waals surface area contributed by atoms with E-state index in [0.717, 1.165) is 11.9 Å². The van der Waals surface area contributed by atoms with Crippen molar-refractivity contribution in [2.45, 2.75) is 18.0 Å². The minimum atomic E-state index is -3.45. The van der Waals surface area contributed by atoms with Crippen molar-refractivity contribution in [2.24, 2.45) is 0 Å². The molecular formula is C22H19FN4O3S. The molecule has 0 saturated carbocycles. The lowest BCUT2D eigenvalue weighted by atomic mass is 10.1. The summed E-state index contributed by atoms with van der Waals surface area (Å²) < 4.78 is 38.6. The van der Waals surface area contributed by atoms with Crippen molar-refractivity contribution in [3.8, 4) is 5.69 Å². The lowest BCUT2D eigenvalue weighted by molar-refractivity contribution is 0.0941. The number of halogens is 1. The summed E-state index contributed by atoms with van der Waals surface area (Å²) in [6.07, 6.45) is 7.40. The molecule has 0 aliphatic carbocycles. The number of nitrogens with one attached hydrogen (secondary N) is 1. The molecule has 7 nitrogen and oxygen atoms in total. The first-order valence-electron chi connectivity index (χ1n) is 9.42. The number of pyridine rings is 2. The Morgan fingerprint density at radius 2 is 1.87 bits per heavy atom. The van der Waals surface area contributed by atoms with Gasteiger partial charge in [0.25, 0.3) is 5.91 Å². The highest BCUT2D eigenvalue weighted by Gasteiger charge is 2.18. The highest BCUT2D eigenvalue weighted by molar-refractivity contribution is 7.90. The largest absolute Gasteiger partial charge is 0.345 e. The van der Waals surface area contributed by atoms with Crippen molar-refractivity contribution >= 4 is 26.6 Å². The molecular weight excluding hydrogens is 419 g/mol. The SMILES string of the molecule is CC(NC(=O)c1cncc2c1ccn2-c1ccc(F)cc1)c1ccnc(S(C)(=O)=O)c1. The molecule has 0 radical (unpaired) electrons. The first kappa shape index (κ1) is 20.7. The van der Waals surface area contributed by atoms with E-state index in [1.54, 1.807) is 43.6 Å². The molecule has 1 aromatic carbocycles. The normalized spacial score (nSPS) is 12.6. The average Bonchev–Trinajstić information content (AvgIpc) is 3.18. The van der Waals surface area contributed by atoms with Crippen LogP contribution in [0.2, 0.25) is 0 Å². The second-order valence-corrected chi connectivity index (χ2v) is 9.14. The van der Waals surface area contributed by atoms with E-state index in [0.29, 0.717) is 22.0 Å². The molecule has 31 heavy (non-hydrogen) atoms. The molecule has 1 atom stereocenters. The van der Waals surface area contributed by atoms with Gasteiger partial charge in [-0.3, -0.25) is 9.78 Å². The highest BCUT2D eigenvalue weighted by Crippen LogP contribution is 2.24. The van der Waals surface area contributed by atoms with Crippen LogP contribution in [-0.4, -0.2) is 35.1 Å². The lowest BCUT2D eigenvalue weighted by Gasteiger charge is -2.15. The Labute approximate surface area is 178 Å². The van der Waals surface area contributed by atoms with Gasteiger partial charge in [0.05, 0.1) is 23.3 Å². The molecule has 1 unspecified atom stereocenters. The van der Waals surface area contributed by atoms with Crippen molar-refractivity contribution in [2.75, 3.05) is 6.26 Å². The van der Waals surface area contributed by atoms with Crippen LogP contribution in [0.25, 0.3) is 16.6 Å². The highest BCUT2D eigenvalue weighted by atomic mass is 32.2. The molecule has 3 heterocycles. The summed E-state index contributed by atoms with van der Waals surface area (Å²) in [7, 11) is -3.45. The number of carbonyl (C=O) groups excluding carboxylic acids is 1. The summed E-state index contributed by atoms with van der Waals surface area (Å²) >= 11 is 0. The monoisotopic (exact) mass is 438 g/mol. The molecule has 0 bridgehead atoms. The minimum absolute atomic E-state index is 0.0498. The number of sulfone groups is 1. The van der Waals surface area contributed by atoms with Gasteiger partial charge < -0.3 is 9.88 Å². The Morgan fingerprint density at radius 1 is 1.13 bits per heavy atom. The fourth-order valence-corrected chi connectivity index (χ4v) is 3.92. The zero-order valence-electron chi connectivity index (χ0n) is 16.8. The van der Waals surface area contributed by atoms with Crippen LogP contribution in [0.5, 0.6) is 0 Å². The van der Waals surface area contributed by atoms with Gasteiger partial charge in [0.15, 0.2) is 14.9 Å². The quantitative estimate of drug-likeness (QED) is 0.515. The van der Waals surface area contributed by atoms with E-state index in [-0.39, 0.29) is 16.8 Å². The summed E-state index contributed by atoms with van der Waals surface area (Å²) in [6, 6.07) is 10.5. The zero-order chi connectivity index (χ0) is 22.2. The standard InChI is InChI=1S/C22H19FN4O3S/c1-14(15-7-9-25-21(11-15)31(2,29)30)26-22(28)19-12-24-13-20-18(19)8-10-27(20)17-5-3-16(23)4-6-17/h3-14H,1-2H3,(H,26,28). The van der Waals surface area contributed by atoms with E-state index in [9.17, 15) is 17.6 Å². The third-order valence-corrected chi connectivity index (χ3v) is 5.94. The van der Waals surface area contributed by atoms with Crippen LogP contribution in [0.4, 0.5) is 4.39 Å². The van der Waals surface area contributed by atoms with Gasteiger partial charge in [0.1, 0.15) is 5.82 Å². The van der Waals surface area contributed by atoms with E-state index in [1.165, 1.54) is 30.6 Å². The van der Waals surface area contributed by atoms with Crippen LogP contribution in [0.1, 0.15) is 28.9 Å². The predicted molar refractivity (Wildman–Crippen MR) is 114 cm³/mol. The number of amides is 1. The van der Waals surface area contributed by atoms with Gasteiger partial charge in [-0.15, -0.1) is 0 Å². The van der Waals surface area contributed by atoms with Crippen molar-refractivity contribution in [3.63, 3.8) is 0 Å². The second-order valence-electron chi connectivity index (χ2n) is 7.18. The summed E-state index contributed by atoms with van der Waals surface area (Å²) in [6.45, 7) is 1.76. The Balaban J connectivity index is 1.63. The molecule has 4 aromatic rings. The predicted octanol–water partition coefficient (Wildman–Crippen LogP) is 3.45. The number of benzene rings is 1. The lowest BCUT2D eigenvalue weighted by Crippen LogP contribution is -2.27. The number of fused-ring (bicyclic) bond motifs is 1. The van der Waals surface area contributed by atoms with Gasteiger partial charge in [-0.05, 0) is 55.0 Å². The van der Waals surface area contributed by atoms with Crippen molar-refractivity contribution < 1.29 is 17.6 Å². The van der Waals surface area contributed by atoms with E-state index in [1.807, 2.05) is 4.57 Å². The van der Waals surface area contributed by atoms with Crippen LogP contribution < -0.4 is 5.32 Å². The van der Waals surface area contributed by atoms with Gasteiger partial charge in [0, 0.05) is 35.9 Å². The third-order valence-electron chi connectivity index (χ3n) is 4.95. The zero-order valence-corrected chi connectivity index (χ0v) is 17.6. The van der Waals surface area contributed by atoms with E-state index in [4.69, 9.17) is 0 Å². The molecule has 3 aromatic heterocycles. The Hall–Kier alpha value is -3.59. The van der Waals surface area contributed by atoms with Gasteiger partial charge in [-0.1, -0.05) is 0 Å². The van der Waals surface area contributed by atoms with E-state index in [2.05, 4.69) is 15.3 Å². The maximum atomic E-state index is 13.3. The van der Waals surface area contributed by atoms with Gasteiger partial charge in [-0.25, -0.2) is 17.8 Å². The van der Waals surface area contributed by atoms with Crippen molar-refractivity contribution in [1.29, 1.82) is 0 Å². The first-order chi connectivity index (χ1) is 14.7. The van der Waals surface area contributed by atoms with Crippen molar-refractivity contribution in [1.82, 2.24) is 19.9 Å². The third kappa shape index (κ3) is 4.17. The summed E-state index contributed by atoms with van der Waals surface area (Å²) in [4.78, 5) is 21.0. The Bertz CT molecular complexity index is 1380. The van der Waals surface area contributed by atoms with E-state index >= 15 is 0 Å². The van der Waals surface area contributed by atoms with Crippen LogP contribution in [-0.2, 0) is 9.84 Å². The van der Waals surface area contributed by atoms with Crippen LogP contribution in [0, 0.1) is 5.82 Å². The maximum absolute atomic E-state index is 13.3. The van der Waals surface area contributed by atoms with E-state index < -0.39 is 15.9 Å². The summed E-state index contributed by atoms with van der Waals surface area (Å²) in [5, 5.41) is 3.52. The van der Waals surface area contributed by atoms with Crippen LogP contribution in [0.3, 0.4) is 0 Å². The summed E-state index contributed by atoms with van der Waals surface area (Å²) in [5.74, 6) is -0.678. The first-order valence-corrected chi connectivity index (χ1v) is 11.3. The Morgan fingerprint density at radius 3 is 2.58 bits per heavy atom. The van der Waals surface area contributed by atoms with Gasteiger partial charge in [-0.2, -0.15) is 0 Å². The number of hydrogen-bond donors (Lipinski definition) is 1. The maximum Gasteiger partial charge on any atom is 0.254 e. The Kier molecular flexibility index (Phi) is 5.28. The molecule has 9 heteroatoms. The van der Waals surface area contributed by atoms with Gasteiger partial charge in [0.2, 0.25) is 0 Å². The number of aromatic nitrogens is 3. The molecule has 0 saturated heterocycles. The minimum Gasteiger partial charge on any atom is -0.345 e. The number of rotatable bonds is 5. The molecule has 1 N–H and O–H groups in total. The molecule has 4 rings (SSSR count). The smallest absolute Gasteiger partial charge is 0.254 e. The molecule has 1 amide bonds. The number of hydrogen-bond acceptors (Lipinski definition) is 5. The number of carbonyl (C=O) groups is 1. The second kappa shape index (κ2) is 7.92. The van der Waals surface area contributed by atoms with Crippen LogP contribution >= 0.6 is 0 Å². The molecule has 0 aliphatic rings. The molecule has 158 valence electrons. The molecule has 0 spiro atoms. The van der Waals surface area contributed by atoms with Gasteiger partial charge >= 0.3 is 0 Å². The molecule has 0 fully saturated rings. The average molecular weight is 438 g/mol. The topological polar surface area (TPSA) is 93.9 Å². The number of nitrogens with zero attached hydrogens (tertiary/aromatic N) is 3. The summed E-state index contributed by atoms with van der Waals surface area (Å²) in [5.41, 5.74) is 2.44. The van der Waals surface area contributed by atoms with Crippen LogP contribution in [0.15, 0.2) is 72.3 Å².